The monoisotopic (exact) mass is 326 g/mol. The molecule has 0 aliphatic carbocycles. The number of aromatic amines is 1. The van der Waals surface area contributed by atoms with E-state index in [2.05, 4.69) is 22.4 Å². The number of hydrogen-bond donors (Lipinski definition) is 2. The van der Waals surface area contributed by atoms with Crippen LogP contribution in [0.4, 0.5) is 5.69 Å². The number of halogens is 1. The van der Waals surface area contributed by atoms with Gasteiger partial charge in [-0.3, -0.25) is 4.79 Å². The van der Waals surface area contributed by atoms with E-state index < -0.39 is 0 Å². The molecule has 0 saturated heterocycles. The summed E-state index contributed by atoms with van der Waals surface area (Å²) in [6, 6.07) is 13.8. The lowest BCUT2D eigenvalue weighted by atomic mass is 10.1. The van der Waals surface area contributed by atoms with Gasteiger partial charge in [-0.25, -0.2) is 0 Å². The summed E-state index contributed by atoms with van der Waals surface area (Å²) < 4.78 is 0. The minimum absolute atomic E-state index is 0.0183. The first-order chi connectivity index (χ1) is 11.1. The molecule has 0 bridgehead atoms. The first-order valence-corrected chi connectivity index (χ1v) is 8.12. The fraction of sp³-hybridized carbons (Fsp3) is 0.211. The molecule has 0 aliphatic rings. The minimum atomic E-state index is 0.0183. The van der Waals surface area contributed by atoms with E-state index in [-0.39, 0.29) is 5.91 Å². The van der Waals surface area contributed by atoms with Crippen molar-refractivity contribution in [2.75, 3.05) is 5.32 Å². The average molecular weight is 327 g/mol. The summed E-state index contributed by atoms with van der Waals surface area (Å²) in [7, 11) is 0. The first-order valence-electron chi connectivity index (χ1n) is 7.74. The molecule has 4 heteroatoms. The number of H-pyrrole nitrogens is 1. The first kappa shape index (κ1) is 15.6. The van der Waals surface area contributed by atoms with E-state index in [1.807, 2.05) is 37.4 Å². The quantitative estimate of drug-likeness (QED) is 0.673. The maximum Gasteiger partial charge on any atom is 0.224 e. The lowest BCUT2D eigenvalue weighted by molar-refractivity contribution is -0.116. The SMILES string of the molecule is Cc1ccc(NC(=O)CCCc2c[nH]c3ccccc23)cc1Cl. The van der Waals surface area contributed by atoms with Crippen molar-refractivity contribution in [1.29, 1.82) is 0 Å². The van der Waals surface area contributed by atoms with Gasteiger partial charge < -0.3 is 10.3 Å². The number of aromatic nitrogens is 1. The van der Waals surface area contributed by atoms with Gasteiger partial charge in [0, 0.05) is 34.2 Å². The summed E-state index contributed by atoms with van der Waals surface area (Å²) in [5, 5.41) is 4.80. The maximum atomic E-state index is 12.0. The van der Waals surface area contributed by atoms with Crippen molar-refractivity contribution in [1.82, 2.24) is 4.98 Å². The Morgan fingerprint density at radius 2 is 2.04 bits per heavy atom. The molecular weight excluding hydrogens is 308 g/mol. The molecule has 2 N–H and O–H groups in total. The third-order valence-corrected chi connectivity index (χ3v) is 4.39. The van der Waals surface area contributed by atoms with E-state index in [1.165, 1.54) is 10.9 Å². The molecule has 0 saturated carbocycles. The molecule has 1 aromatic heterocycles. The summed E-state index contributed by atoms with van der Waals surface area (Å²) in [5.74, 6) is 0.0183. The molecule has 0 radical (unpaired) electrons. The van der Waals surface area contributed by atoms with Gasteiger partial charge in [-0.05, 0) is 49.1 Å². The number of rotatable bonds is 5. The zero-order valence-electron chi connectivity index (χ0n) is 13.0. The Labute approximate surface area is 140 Å². The van der Waals surface area contributed by atoms with Crippen molar-refractivity contribution in [3.05, 3.63) is 64.8 Å². The standard InChI is InChI=1S/C19H19ClN2O/c1-13-9-10-15(11-17(13)20)22-19(23)8-4-5-14-12-21-18-7-3-2-6-16(14)18/h2-3,6-7,9-12,21H,4-5,8H2,1H3,(H,22,23). The molecule has 0 fully saturated rings. The zero-order chi connectivity index (χ0) is 16.2. The van der Waals surface area contributed by atoms with Crippen molar-refractivity contribution in [3.63, 3.8) is 0 Å². The largest absolute Gasteiger partial charge is 0.361 e. The topological polar surface area (TPSA) is 44.9 Å². The summed E-state index contributed by atoms with van der Waals surface area (Å²) in [6.45, 7) is 1.94. The Kier molecular flexibility index (Phi) is 4.68. The van der Waals surface area contributed by atoms with Crippen LogP contribution in [0.2, 0.25) is 5.02 Å². The molecule has 1 heterocycles. The molecule has 0 atom stereocenters. The van der Waals surface area contributed by atoms with Crippen LogP contribution in [0.15, 0.2) is 48.7 Å². The number of carbonyl (C=O) groups is 1. The van der Waals surface area contributed by atoms with Crippen LogP contribution in [0.3, 0.4) is 0 Å². The third kappa shape index (κ3) is 3.74. The van der Waals surface area contributed by atoms with Gasteiger partial charge in [0.05, 0.1) is 0 Å². The summed E-state index contributed by atoms with van der Waals surface area (Å²) >= 11 is 6.07. The molecular formula is C19H19ClN2O. The normalized spacial score (nSPS) is 10.9. The number of hydrogen-bond acceptors (Lipinski definition) is 1. The lowest BCUT2D eigenvalue weighted by Gasteiger charge is -2.07. The van der Waals surface area contributed by atoms with Crippen molar-refractivity contribution < 1.29 is 4.79 Å². The molecule has 1 amide bonds. The van der Waals surface area contributed by atoms with Gasteiger partial charge in [-0.15, -0.1) is 0 Å². The number of nitrogens with one attached hydrogen (secondary N) is 2. The molecule has 0 unspecified atom stereocenters. The Morgan fingerprint density at radius 1 is 1.22 bits per heavy atom. The van der Waals surface area contributed by atoms with Gasteiger partial charge in [-0.1, -0.05) is 35.9 Å². The van der Waals surface area contributed by atoms with Gasteiger partial charge in [0.15, 0.2) is 0 Å². The summed E-state index contributed by atoms with van der Waals surface area (Å²) in [6.07, 6.45) is 4.21. The molecule has 3 rings (SSSR count). The predicted octanol–water partition coefficient (Wildman–Crippen LogP) is 5.09. The van der Waals surface area contributed by atoms with Gasteiger partial charge in [-0.2, -0.15) is 0 Å². The van der Waals surface area contributed by atoms with Crippen molar-refractivity contribution in [2.24, 2.45) is 0 Å². The van der Waals surface area contributed by atoms with Gasteiger partial charge in [0.25, 0.3) is 0 Å². The van der Waals surface area contributed by atoms with Crippen LogP contribution in [-0.2, 0) is 11.2 Å². The van der Waals surface area contributed by atoms with Crippen LogP contribution in [-0.4, -0.2) is 10.9 Å². The highest BCUT2D eigenvalue weighted by molar-refractivity contribution is 6.31. The number of fused-ring (bicyclic) bond motifs is 1. The molecule has 3 nitrogen and oxygen atoms in total. The van der Waals surface area contributed by atoms with Crippen LogP contribution in [0.1, 0.15) is 24.0 Å². The van der Waals surface area contributed by atoms with Crippen LogP contribution < -0.4 is 5.32 Å². The number of anilines is 1. The van der Waals surface area contributed by atoms with Crippen molar-refractivity contribution in [2.45, 2.75) is 26.2 Å². The molecule has 0 spiro atoms. The Morgan fingerprint density at radius 3 is 2.87 bits per heavy atom. The molecule has 118 valence electrons. The number of amides is 1. The van der Waals surface area contributed by atoms with E-state index in [0.717, 1.165) is 29.6 Å². The van der Waals surface area contributed by atoms with Crippen LogP contribution in [0, 0.1) is 6.92 Å². The predicted molar refractivity (Wildman–Crippen MR) is 96.1 cm³/mol. The molecule has 23 heavy (non-hydrogen) atoms. The second-order valence-corrected chi connectivity index (χ2v) is 6.13. The fourth-order valence-corrected chi connectivity index (χ4v) is 2.85. The summed E-state index contributed by atoms with van der Waals surface area (Å²) in [4.78, 5) is 15.3. The third-order valence-electron chi connectivity index (χ3n) is 3.98. The zero-order valence-corrected chi connectivity index (χ0v) is 13.8. The number of para-hydroxylation sites is 1. The highest BCUT2D eigenvalue weighted by Gasteiger charge is 2.06. The van der Waals surface area contributed by atoms with Gasteiger partial charge in [0.2, 0.25) is 5.91 Å². The minimum Gasteiger partial charge on any atom is -0.361 e. The van der Waals surface area contributed by atoms with E-state index in [9.17, 15) is 4.79 Å². The average Bonchev–Trinajstić information content (AvgIpc) is 2.94. The van der Waals surface area contributed by atoms with Crippen LogP contribution in [0.5, 0.6) is 0 Å². The molecule has 0 aliphatic heterocycles. The van der Waals surface area contributed by atoms with Gasteiger partial charge >= 0.3 is 0 Å². The Balaban J connectivity index is 1.54. The highest BCUT2D eigenvalue weighted by atomic mass is 35.5. The number of benzene rings is 2. The second-order valence-electron chi connectivity index (χ2n) is 5.73. The molecule has 2 aromatic carbocycles. The van der Waals surface area contributed by atoms with Crippen LogP contribution >= 0.6 is 11.6 Å². The van der Waals surface area contributed by atoms with Crippen molar-refractivity contribution >= 4 is 34.1 Å². The van der Waals surface area contributed by atoms with E-state index in [1.54, 1.807) is 6.07 Å². The van der Waals surface area contributed by atoms with Crippen LogP contribution in [0.25, 0.3) is 10.9 Å². The highest BCUT2D eigenvalue weighted by Crippen LogP contribution is 2.21. The Hall–Kier alpha value is -2.26. The maximum absolute atomic E-state index is 12.0. The van der Waals surface area contributed by atoms with E-state index in [0.29, 0.717) is 11.4 Å². The molecule has 3 aromatic rings. The fourth-order valence-electron chi connectivity index (χ4n) is 2.67. The Bertz CT molecular complexity index is 838. The number of carbonyl (C=O) groups excluding carboxylic acids is 1. The summed E-state index contributed by atoms with van der Waals surface area (Å²) in [5.41, 5.74) is 4.15. The lowest BCUT2D eigenvalue weighted by Crippen LogP contribution is -2.11. The number of aryl methyl sites for hydroxylation is 2. The van der Waals surface area contributed by atoms with Crippen molar-refractivity contribution in [3.8, 4) is 0 Å². The smallest absolute Gasteiger partial charge is 0.224 e. The van der Waals surface area contributed by atoms with E-state index >= 15 is 0 Å². The van der Waals surface area contributed by atoms with E-state index in [4.69, 9.17) is 11.6 Å². The van der Waals surface area contributed by atoms with Gasteiger partial charge in [0.1, 0.15) is 0 Å². The second kappa shape index (κ2) is 6.88.